The topological polar surface area (TPSA) is 60.2 Å². The number of methoxy groups -OCH3 is 1. The molecule has 0 N–H and O–H groups in total. The van der Waals surface area contributed by atoms with Crippen LogP contribution in [0.25, 0.3) is 11.4 Å². The zero-order valence-corrected chi connectivity index (χ0v) is 17.4. The Morgan fingerprint density at radius 1 is 1.17 bits per heavy atom. The third-order valence-electron chi connectivity index (χ3n) is 4.39. The van der Waals surface area contributed by atoms with Crippen molar-refractivity contribution in [2.45, 2.75) is 18.6 Å². The minimum absolute atomic E-state index is 0.0304. The molecule has 0 aliphatic carbocycles. The molecule has 7 heteroatoms. The maximum absolute atomic E-state index is 12.8. The first-order chi connectivity index (χ1) is 14.2. The highest BCUT2D eigenvalue weighted by Gasteiger charge is 2.18. The number of aromatic nitrogens is 3. The molecule has 0 fully saturated rings. The molecular weight excluding hydrogens is 384 g/mol. The van der Waals surface area contributed by atoms with Crippen molar-refractivity contribution in [2.75, 3.05) is 24.3 Å². The van der Waals surface area contributed by atoms with E-state index < -0.39 is 0 Å². The highest BCUT2D eigenvalue weighted by molar-refractivity contribution is 7.99. The Morgan fingerprint density at radius 2 is 1.90 bits per heavy atom. The second-order valence-electron chi connectivity index (χ2n) is 6.20. The maximum atomic E-state index is 12.8. The van der Waals surface area contributed by atoms with Crippen LogP contribution in [0, 0.1) is 0 Å². The molecule has 1 amide bonds. The molecule has 0 aliphatic rings. The summed E-state index contributed by atoms with van der Waals surface area (Å²) in [4.78, 5) is 14.5. The van der Waals surface area contributed by atoms with Gasteiger partial charge in [0.15, 0.2) is 11.0 Å². The fourth-order valence-corrected chi connectivity index (χ4v) is 3.78. The number of thioether (sulfide) groups is 1. The highest BCUT2D eigenvalue weighted by atomic mass is 32.2. The smallest absolute Gasteiger partial charge is 0.237 e. The Morgan fingerprint density at radius 3 is 2.52 bits per heavy atom. The maximum Gasteiger partial charge on any atom is 0.237 e. The number of para-hydroxylation sites is 1. The molecule has 0 radical (unpaired) electrons. The molecule has 1 aromatic heterocycles. The van der Waals surface area contributed by atoms with Crippen molar-refractivity contribution in [3.8, 4) is 17.1 Å². The van der Waals surface area contributed by atoms with E-state index in [0.717, 1.165) is 22.8 Å². The lowest BCUT2D eigenvalue weighted by molar-refractivity contribution is -0.116. The number of hydrogen-bond donors (Lipinski definition) is 0. The van der Waals surface area contributed by atoms with Crippen LogP contribution in [-0.4, -0.2) is 40.1 Å². The highest BCUT2D eigenvalue weighted by Crippen LogP contribution is 2.26. The summed E-state index contributed by atoms with van der Waals surface area (Å²) in [6.45, 7) is 6.97. The normalized spacial score (nSPS) is 10.6. The van der Waals surface area contributed by atoms with Crippen molar-refractivity contribution in [1.82, 2.24) is 14.8 Å². The SMILES string of the molecule is C=CCn1c(SCC(=O)N(CC)c2ccccc2)nnc1-c1ccc(OC)cc1. The van der Waals surface area contributed by atoms with Crippen molar-refractivity contribution in [1.29, 1.82) is 0 Å². The Labute approximate surface area is 175 Å². The molecule has 3 aromatic rings. The van der Waals surface area contributed by atoms with Crippen LogP contribution in [0.15, 0.2) is 72.4 Å². The van der Waals surface area contributed by atoms with Crippen LogP contribution in [0.2, 0.25) is 0 Å². The summed E-state index contributed by atoms with van der Waals surface area (Å²) in [5, 5.41) is 9.34. The summed E-state index contributed by atoms with van der Waals surface area (Å²) < 4.78 is 7.18. The minimum Gasteiger partial charge on any atom is -0.497 e. The summed E-state index contributed by atoms with van der Waals surface area (Å²) in [5.41, 5.74) is 1.82. The van der Waals surface area contributed by atoms with E-state index >= 15 is 0 Å². The van der Waals surface area contributed by atoms with Gasteiger partial charge in [-0.25, -0.2) is 0 Å². The lowest BCUT2D eigenvalue weighted by Gasteiger charge is -2.20. The summed E-state index contributed by atoms with van der Waals surface area (Å²) in [7, 11) is 1.63. The van der Waals surface area contributed by atoms with E-state index in [9.17, 15) is 4.79 Å². The lowest BCUT2D eigenvalue weighted by Crippen LogP contribution is -2.32. The number of carbonyl (C=O) groups excluding carboxylic acids is 1. The Bertz CT molecular complexity index is 955. The molecule has 0 aliphatic heterocycles. The van der Waals surface area contributed by atoms with Gasteiger partial charge < -0.3 is 9.64 Å². The summed E-state index contributed by atoms with van der Waals surface area (Å²) in [6.07, 6.45) is 1.80. The zero-order valence-electron chi connectivity index (χ0n) is 16.6. The Hall–Kier alpha value is -3.06. The zero-order chi connectivity index (χ0) is 20.6. The van der Waals surface area contributed by atoms with Gasteiger partial charge >= 0.3 is 0 Å². The molecule has 29 heavy (non-hydrogen) atoms. The van der Waals surface area contributed by atoms with E-state index in [1.54, 1.807) is 18.1 Å². The number of allylic oxidation sites excluding steroid dienone is 1. The molecule has 3 rings (SSSR count). The van der Waals surface area contributed by atoms with Gasteiger partial charge in [-0.3, -0.25) is 9.36 Å². The largest absolute Gasteiger partial charge is 0.497 e. The van der Waals surface area contributed by atoms with Crippen LogP contribution >= 0.6 is 11.8 Å². The van der Waals surface area contributed by atoms with Gasteiger partial charge in [0.05, 0.1) is 12.9 Å². The van der Waals surface area contributed by atoms with Gasteiger partial charge in [0.2, 0.25) is 5.91 Å². The minimum atomic E-state index is 0.0304. The standard InChI is InChI=1S/C22H24N4O2S/c1-4-15-26-21(17-11-13-19(28-3)14-12-17)23-24-22(26)29-16-20(27)25(5-2)18-9-7-6-8-10-18/h4,6-14H,1,5,15-16H2,2-3H3. The van der Waals surface area contributed by atoms with E-state index in [1.807, 2.05) is 66.1 Å². The molecule has 1 heterocycles. The van der Waals surface area contributed by atoms with E-state index in [4.69, 9.17) is 4.74 Å². The number of ether oxygens (including phenoxy) is 1. The molecule has 0 atom stereocenters. The van der Waals surface area contributed by atoms with Gasteiger partial charge in [-0.15, -0.1) is 16.8 Å². The van der Waals surface area contributed by atoms with Gasteiger partial charge in [0.25, 0.3) is 0 Å². The molecule has 0 saturated heterocycles. The van der Waals surface area contributed by atoms with Gasteiger partial charge in [-0.2, -0.15) is 0 Å². The summed E-state index contributed by atoms with van der Waals surface area (Å²) in [5.74, 6) is 1.82. The second-order valence-corrected chi connectivity index (χ2v) is 7.14. The predicted octanol–water partition coefficient (Wildman–Crippen LogP) is 4.28. The van der Waals surface area contributed by atoms with Crippen molar-refractivity contribution < 1.29 is 9.53 Å². The van der Waals surface area contributed by atoms with Crippen LogP contribution in [0.1, 0.15) is 6.92 Å². The number of nitrogens with zero attached hydrogens (tertiary/aromatic N) is 4. The fourth-order valence-electron chi connectivity index (χ4n) is 2.96. The number of amides is 1. The Kier molecular flexibility index (Phi) is 7.08. The Balaban J connectivity index is 1.77. The van der Waals surface area contributed by atoms with Gasteiger partial charge in [-0.1, -0.05) is 36.0 Å². The van der Waals surface area contributed by atoms with Crippen LogP contribution in [0.4, 0.5) is 5.69 Å². The second kappa shape index (κ2) is 9.93. The lowest BCUT2D eigenvalue weighted by atomic mass is 10.2. The molecular formula is C22H24N4O2S. The fraction of sp³-hybridized carbons (Fsp3) is 0.227. The predicted molar refractivity (Wildman–Crippen MR) is 117 cm³/mol. The first-order valence-electron chi connectivity index (χ1n) is 9.34. The van der Waals surface area contributed by atoms with Crippen molar-refractivity contribution >= 4 is 23.4 Å². The number of carbonyl (C=O) groups is 1. The van der Waals surface area contributed by atoms with Crippen LogP contribution in [0.5, 0.6) is 5.75 Å². The first kappa shape index (κ1) is 20.7. The molecule has 0 saturated carbocycles. The molecule has 0 bridgehead atoms. The van der Waals surface area contributed by atoms with Crippen molar-refractivity contribution in [3.63, 3.8) is 0 Å². The van der Waals surface area contributed by atoms with Crippen molar-refractivity contribution in [2.24, 2.45) is 0 Å². The van der Waals surface area contributed by atoms with E-state index in [-0.39, 0.29) is 11.7 Å². The first-order valence-corrected chi connectivity index (χ1v) is 10.3. The third kappa shape index (κ3) is 4.86. The van der Waals surface area contributed by atoms with Gasteiger partial charge in [-0.05, 0) is 43.3 Å². The molecule has 150 valence electrons. The summed E-state index contributed by atoms with van der Waals surface area (Å²) in [6, 6.07) is 17.3. The van der Waals surface area contributed by atoms with Gasteiger partial charge in [0, 0.05) is 24.3 Å². The average molecular weight is 409 g/mol. The van der Waals surface area contributed by atoms with Crippen LogP contribution < -0.4 is 9.64 Å². The monoisotopic (exact) mass is 408 g/mol. The van der Waals surface area contributed by atoms with Crippen LogP contribution in [-0.2, 0) is 11.3 Å². The molecule has 0 spiro atoms. The van der Waals surface area contributed by atoms with E-state index in [1.165, 1.54) is 11.8 Å². The van der Waals surface area contributed by atoms with Crippen molar-refractivity contribution in [3.05, 3.63) is 67.3 Å². The van der Waals surface area contributed by atoms with E-state index in [2.05, 4.69) is 16.8 Å². The average Bonchev–Trinajstić information content (AvgIpc) is 3.16. The van der Waals surface area contributed by atoms with Crippen LogP contribution in [0.3, 0.4) is 0 Å². The number of benzene rings is 2. The number of anilines is 1. The quantitative estimate of drug-likeness (QED) is 0.391. The summed E-state index contributed by atoms with van der Waals surface area (Å²) >= 11 is 1.38. The van der Waals surface area contributed by atoms with Gasteiger partial charge in [0.1, 0.15) is 5.75 Å². The molecule has 6 nitrogen and oxygen atoms in total. The molecule has 2 aromatic carbocycles. The molecule has 0 unspecified atom stereocenters. The van der Waals surface area contributed by atoms with E-state index in [0.29, 0.717) is 18.2 Å². The third-order valence-corrected chi connectivity index (χ3v) is 5.34. The number of rotatable bonds is 9. The number of hydrogen-bond acceptors (Lipinski definition) is 5.